The Labute approximate surface area is 112 Å². The minimum Gasteiger partial charge on any atom is -0.377 e. The first-order chi connectivity index (χ1) is 7.50. The highest BCUT2D eigenvalue weighted by Gasteiger charge is 2.07. The zero-order valence-corrected chi connectivity index (χ0v) is 11.7. The Morgan fingerprint density at radius 1 is 1.12 bits per heavy atom. The Morgan fingerprint density at radius 3 is 2.19 bits per heavy atom. The molecule has 0 spiro atoms. The molecule has 0 radical (unpaired) electrons. The average molecular weight is 282 g/mol. The van der Waals surface area contributed by atoms with E-state index in [1.165, 1.54) is 0 Å². The van der Waals surface area contributed by atoms with Crippen LogP contribution in [0.5, 0.6) is 0 Å². The lowest BCUT2D eigenvalue weighted by molar-refractivity contribution is 0.111. The molecule has 16 heavy (non-hydrogen) atoms. The molecule has 0 bridgehead atoms. The SMILES string of the molecule is CC(C)CCOCc1c(Cl)cc(Cl)cc1Cl. The lowest BCUT2D eigenvalue weighted by atomic mass is 10.1. The molecule has 1 nitrogen and oxygen atoms in total. The Kier molecular flexibility index (Phi) is 5.91. The first-order valence-electron chi connectivity index (χ1n) is 5.22. The summed E-state index contributed by atoms with van der Waals surface area (Å²) >= 11 is 17.9. The molecule has 0 amide bonds. The number of ether oxygens (including phenoxy) is 1. The molecule has 1 rings (SSSR count). The van der Waals surface area contributed by atoms with E-state index in [9.17, 15) is 0 Å². The van der Waals surface area contributed by atoms with E-state index in [-0.39, 0.29) is 0 Å². The van der Waals surface area contributed by atoms with Crippen LogP contribution in [0.4, 0.5) is 0 Å². The molecule has 90 valence electrons. The fourth-order valence-electron chi connectivity index (χ4n) is 1.20. The van der Waals surface area contributed by atoms with Gasteiger partial charge in [-0.1, -0.05) is 48.7 Å². The molecule has 0 fully saturated rings. The molecule has 0 N–H and O–H groups in total. The van der Waals surface area contributed by atoms with Gasteiger partial charge in [-0.2, -0.15) is 0 Å². The molecule has 0 aromatic heterocycles. The Morgan fingerprint density at radius 2 is 1.69 bits per heavy atom. The van der Waals surface area contributed by atoms with Crippen LogP contribution in [0.3, 0.4) is 0 Å². The van der Waals surface area contributed by atoms with Gasteiger partial charge in [-0.15, -0.1) is 0 Å². The molecule has 0 unspecified atom stereocenters. The quantitative estimate of drug-likeness (QED) is 0.673. The van der Waals surface area contributed by atoms with Gasteiger partial charge in [-0.3, -0.25) is 0 Å². The van der Waals surface area contributed by atoms with Gasteiger partial charge in [-0.25, -0.2) is 0 Å². The van der Waals surface area contributed by atoms with E-state index in [0.717, 1.165) is 12.0 Å². The number of hydrogen-bond acceptors (Lipinski definition) is 1. The minimum absolute atomic E-state index is 0.432. The Bertz CT molecular complexity index is 327. The molecule has 0 saturated carbocycles. The fourth-order valence-corrected chi connectivity index (χ4v) is 2.13. The molecule has 0 heterocycles. The summed E-state index contributed by atoms with van der Waals surface area (Å²) in [6, 6.07) is 3.35. The third-order valence-corrected chi connectivity index (χ3v) is 3.08. The highest BCUT2D eigenvalue weighted by molar-refractivity contribution is 6.39. The van der Waals surface area contributed by atoms with Crippen LogP contribution in [0.2, 0.25) is 15.1 Å². The maximum atomic E-state index is 6.03. The summed E-state index contributed by atoms with van der Waals surface area (Å²) in [5.74, 6) is 0.635. The van der Waals surface area contributed by atoms with Gasteiger partial charge in [0.05, 0.1) is 6.61 Å². The van der Waals surface area contributed by atoms with Crippen molar-refractivity contribution < 1.29 is 4.74 Å². The van der Waals surface area contributed by atoms with E-state index >= 15 is 0 Å². The fraction of sp³-hybridized carbons (Fsp3) is 0.500. The average Bonchev–Trinajstić information content (AvgIpc) is 2.14. The third-order valence-electron chi connectivity index (χ3n) is 2.19. The van der Waals surface area contributed by atoms with Crippen LogP contribution in [-0.4, -0.2) is 6.61 Å². The molecular weight excluding hydrogens is 266 g/mol. The van der Waals surface area contributed by atoms with Crippen LogP contribution in [0.25, 0.3) is 0 Å². The van der Waals surface area contributed by atoms with Crippen molar-refractivity contribution in [3.63, 3.8) is 0 Å². The maximum absolute atomic E-state index is 6.03. The summed E-state index contributed by atoms with van der Waals surface area (Å²) in [7, 11) is 0. The predicted molar refractivity (Wildman–Crippen MR) is 70.6 cm³/mol. The molecule has 0 aliphatic rings. The zero-order chi connectivity index (χ0) is 12.1. The lowest BCUT2D eigenvalue weighted by Crippen LogP contribution is -2.00. The number of rotatable bonds is 5. The number of hydrogen-bond donors (Lipinski definition) is 0. The van der Waals surface area contributed by atoms with Crippen molar-refractivity contribution in [1.29, 1.82) is 0 Å². The summed E-state index contributed by atoms with van der Waals surface area (Å²) in [4.78, 5) is 0. The monoisotopic (exact) mass is 280 g/mol. The minimum atomic E-state index is 0.432. The van der Waals surface area contributed by atoms with E-state index in [1.54, 1.807) is 12.1 Å². The van der Waals surface area contributed by atoms with Crippen LogP contribution in [0, 0.1) is 5.92 Å². The smallest absolute Gasteiger partial charge is 0.0746 e. The summed E-state index contributed by atoms with van der Waals surface area (Å²) in [5.41, 5.74) is 0.802. The van der Waals surface area contributed by atoms with Crippen molar-refractivity contribution in [2.45, 2.75) is 26.9 Å². The van der Waals surface area contributed by atoms with E-state index in [1.807, 2.05) is 0 Å². The van der Waals surface area contributed by atoms with Crippen LogP contribution < -0.4 is 0 Å². The Hall–Kier alpha value is 0.0500. The normalized spacial score (nSPS) is 11.1. The largest absolute Gasteiger partial charge is 0.377 e. The summed E-state index contributed by atoms with van der Waals surface area (Å²) < 4.78 is 5.52. The number of benzene rings is 1. The van der Waals surface area contributed by atoms with Gasteiger partial charge in [0.1, 0.15) is 0 Å². The van der Waals surface area contributed by atoms with Crippen molar-refractivity contribution in [2.24, 2.45) is 5.92 Å². The topological polar surface area (TPSA) is 9.23 Å². The van der Waals surface area contributed by atoms with Crippen molar-refractivity contribution in [1.82, 2.24) is 0 Å². The molecule has 0 aliphatic carbocycles. The zero-order valence-electron chi connectivity index (χ0n) is 9.40. The van der Waals surface area contributed by atoms with Crippen LogP contribution in [-0.2, 0) is 11.3 Å². The van der Waals surface area contributed by atoms with E-state index < -0.39 is 0 Å². The molecule has 0 saturated heterocycles. The third kappa shape index (κ3) is 4.50. The van der Waals surface area contributed by atoms with Crippen LogP contribution >= 0.6 is 34.8 Å². The van der Waals surface area contributed by atoms with Gasteiger partial charge >= 0.3 is 0 Å². The van der Waals surface area contributed by atoms with Gasteiger partial charge in [0.2, 0.25) is 0 Å². The van der Waals surface area contributed by atoms with Crippen molar-refractivity contribution in [3.05, 3.63) is 32.8 Å². The number of halogens is 3. The van der Waals surface area contributed by atoms with Gasteiger partial charge in [0, 0.05) is 27.2 Å². The van der Waals surface area contributed by atoms with Crippen molar-refractivity contribution >= 4 is 34.8 Å². The Balaban J connectivity index is 2.54. The standard InChI is InChI=1S/C12H15Cl3O/c1-8(2)3-4-16-7-10-11(14)5-9(13)6-12(10)15/h5-6,8H,3-4,7H2,1-2H3. The molecule has 0 aliphatic heterocycles. The second-order valence-corrected chi connectivity index (χ2v) is 5.33. The molecule has 4 heteroatoms. The molecular formula is C12H15Cl3O. The summed E-state index contributed by atoms with van der Waals surface area (Å²) in [6.07, 6.45) is 1.03. The van der Waals surface area contributed by atoms with Crippen LogP contribution in [0.15, 0.2) is 12.1 Å². The molecule has 1 aromatic rings. The lowest BCUT2D eigenvalue weighted by Gasteiger charge is -2.09. The van der Waals surface area contributed by atoms with Gasteiger partial charge in [0.15, 0.2) is 0 Å². The van der Waals surface area contributed by atoms with E-state index in [0.29, 0.717) is 34.2 Å². The van der Waals surface area contributed by atoms with Gasteiger partial charge in [0.25, 0.3) is 0 Å². The first-order valence-corrected chi connectivity index (χ1v) is 6.35. The molecule has 1 aromatic carbocycles. The maximum Gasteiger partial charge on any atom is 0.0746 e. The van der Waals surface area contributed by atoms with E-state index in [2.05, 4.69) is 13.8 Å². The van der Waals surface area contributed by atoms with Gasteiger partial charge < -0.3 is 4.74 Å². The highest BCUT2D eigenvalue weighted by atomic mass is 35.5. The summed E-state index contributed by atoms with van der Waals surface area (Å²) in [6.45, 7) is 5.46. The van der Waals surface area contributed by atoms with Crippen LogP contribution in [0.1, 0.15) is 25.8 Å². The summed E-state index contributed by atoms with van der Waals surface area (Å²) in [5, 5.41) is 1.66. The van der Waals surface area contributed by atoms with E-state index in [4.69, 9.17) is 39.5 Å². The highest BCUT2D eigenvalue weighted by Crippen LogP contribution is 2.29. The predicted octanol–water partition coefficient (Wildman–Crippen LogP) is 5.21. The van der Waals surface area contributed by atoms with Gasteiger partial charge in [-0.05, 0) is 24.5 Å². The second kappa shape index (κ2) is 6.70. The molecule has 0 atom stereocenters. The first kappa shape index (κ1) is 14.1. The van der Waals surface area contributed by atoms with Crippen molar-refractivity contribution in [2.75, 3.05) is 6.61 Å². The second-order valence-electron chi connectivity index (χ2n) is 4.08. The van der Waals surface area contributed by atoms with Crippen molar-refractivity contribution in [3.8, 4) is 0 Å².